The Morgan fingerprint density at radius 3 is 2.46 bits per heavy atom. The van der Waals surface area contributed by atoms with Crippen molar-refractivity contribution in [1.29, 1.82) is 0 Å². The number of amides is 1. The zero-order chi connectivity index (χ0) is 19.2. The van der Waals surface area contributed by atoms with Crippen molar-refractivity contribution in [3.05, 3.63) is 64.7 Å². The van der Waals surface area contributed by atoms with Crippen LogP contribution in [0.4, 0.5) is 5.69 Å². The van der Waals surface area contributed by atoms with Crippen molar-refractivity contribution in [2.45, 2.75) is 19.8 Å². The standard InChI is InChI=1S/C19H23ClN2O3S/c1-15-8-9-17(14-18(15)20)22(26(2,24)25)13-11-19(23)21-12-10-16-6-4-3-5-7-16/h3-9,14H,10-13H2,1-2H3,(H,21,23). The van der Waals surface area contributed by atoms with Crippen LogP contribution in [-0.4, -0.2) is 33.7 Å². The fourth-order valence-corrected chi connectivity index (χ4v) is 3.60. The minimum atomic E-state index is -3.51. The van der Waals surface area contributed by atoms with Gasteiger partial charge in [-0.15, -0.1) is 0 Å². The van der Waals surface area contributed by atoms with Crippen molar-refractivity contribution < 1.29 is 13.2 Å². The molecule has 2 aromatic carbocycles. The molecule has 0 spiro atoms. The molecule has 0 fully saturated rings. The van der Waals surface area contributed by atoms with Crippen molar-refractivity contribution >= 4 is 33.2 Å². The Bertz CT molecular complexity index is 854. The molecule has 1 amide bonds. The summed E-state index contributed by atoms with van der Waals surface area (Å²) in [6, 6.07) is 14.9. The van der Waals surface area contributed by atoms with Gasteiger partial charge in [0.1, 0.15) is 0 Å². The van der Waals surface area contributed by atoms with Crippen LogP contribution in [0.3, 0.4) is 0 Å². The Morgan fingerprint density at radius 1 is 1.15 bits per heavy atom. The van der Waals surface area contributed by atoms with Crippen molar-refractivity contribution in [1.82, 2.24) is 5.32 Å². The van der Waals surface area contributed by atoms with Gasteiger partial charge in [0.2, 0.25) is 15.9 Å². The molecule has 7 heteroatoms. The summed E-state index contributed by atoms with van der Waals surface area (Å²) >= 11 is 6.10. The molecule has 5 nitrogen and oxygen atoms in total. The minimum absolute atomic E-state index is 0.0649. The predicted octanol–water partition coefficient (Wildman–Crippen LogP) is 3.16. The first kappa shape index (κ1) is 20.3. The van der Waals surface area contributed by atoms with Crippen LogP contribution in [-0.2, 0) is 21.2 Å². The third-order valence-electron chi connectivity index (χ3n) is 3.96. The fourth-order valence-electron chi connectivity index (χ4n) is 2.51. The van der Waals surface area contributed by atoms with E-state index in [-0.39, 0.29) is 18.9 Å². The lowest BCUT2D eigenvalue weighted by atomic mass is 10.1. The molecule has 2 aromatic rings. The van der Waals surface area contributed by atoms with E-state index in [1.165, 1.54) is 4.31 Å². The number of carbonyl (C=O) groups excluding carboxylic acids is 1. The quantitative estimate of drug-likeness (QED) is 0.747. The normalized spacial score (nSPS) is 11.2. The maximum atomic E-state index is 12.1. The monoisotopic (exact) mass is 394 g/mol. The Labute approximate surface area is 160 Å². The second-order valence-electron chi connectivity index (χ2n) is 6.10. The average molecular weight is 395 g/mol. The van der Waals surface area contributed by atoms with E-state index >= 15 is 0 Å². The maximum absolute atomic E-state index is 12.1. The summed E-state index contributed by atoms with van der Waals surface area (Å²) in [6.45, 7) is 2.42. The second kappa shape index (κ2) is 9.05. The van der Waals surface area contributed by atoms with E-state index in [9.17, 15) is 13.2 Å². The molecule has 0 aromatic heterocycles. The molecule has 0 radical (unpaired) electrons. The number of anilines is 1. The molecule has 0 saturated carbocycles. The molecule has 0 heterocycles. The lowest BCUT2D eigenvalue weighted by molar-refractivity contribution is -0.120. The summed E-state index contributed by atoms with van der Waals surface area (Å²) < 4.78 is 25.4. The minimum Gasteiger partial charge on any atom is -0.356 e. The number of aryl methyl sites for hydroxylation is 1. The van der Waals surface area contributed by atoms with Gasteiger partial charge in [0.05, 0.1) is 11.9 Å². The summed E-state index contributed by atoms with van der Waals surface area (Å²) in [5.41, 5.74) is 2.46. The Morgan fingerprint density at radius 2 is 1.85 bits per heavy atom. The van der Waals surface area contributed by atoms with E-state index in [0.29, 0.717) is 17.3 Å². The van der Waals surface area contributed by atoms with Crippen LogP contribution in [0, 0.1) is 6.92 Å². The lowest BCUT2D eigenvalue weighted by Crippen LogP contribution is -2.35. The number of carbonyl (C=O) groups is 1. The maximum Gasteiger partial charge on any atom is 0.232 e. The van der Waals surface area contributed by atoms with E-state index in [0.717, 1.165) is 23.8 Å². The van der Waals surface area contributed by atoms with Gasteiger partial charge < -0.3 is 5.32 Å². The number of nitrogens with one attached hydrogen (secondary N) is 1. The highest BCUT2D eigenvalue weighted by Gasteiger charge is 2.19. The van der Waals surface area contributed by atoms with Gasteiger partial charge in [-0.25, -0.2) is 8.42 Å². The molecule has 0 atom stereocenters. The molecule has 0 bridgehead atoms. The van der Waals surface area contributed by atoms with Gasteiger partial charge in [0.15, 0.2) is 0 Å². The van der Waals surface area contributed by atoms with E-state index in [1.807, 2.05) is 37.3 Å². The summed E-state index contributed by atoms with van der Waals surface area (Å²) in [4.78, 5) is 12.1. The van der Waals surface area contributed by atoms with Crippen LogP contribution < -0.4 is 9.62 Å². The van der Waals surface area contributed by atoms with Crippen LogP contribution >= 0.6 is 11.6 Å². The fraction of sp³-hybridized carbons (Fsp3) is 0.316. The first-order valence-corrected chi connectivity index (χ1v) is 10.5. The summed E-state index contributed by atoms with van der Waals surface area (Å²) in [5.74, 6) is -0.187. The number of benzene rings is 2. The van der Waals surface area contributed by atoms with Crippen LogP contribution in [0.25, 0.3) is 0 Å². The average Bonchev–Trinajstić information content (AvgIpc) is 2.58. The van der Waals surface area contributed by atoms with Gasteiger partial charge in [-0.3, -0.25) is 9.10 Å². The van der Waals surface area contributed by atoms with Crippen molar-refractivity contribution in [3.63, 3.8) is 0 Å². The Kier molecular flexibility index (Phi) is 7.06. The number of sulfonamides is 1. The zero-order valence-corrected chi connectivity index (χ0v) is 16.5. The highest BCUT2D eigenvalue weighted by atomic mass is 35.5. The molecule has 0 saturated heterocycles. The zero-order valence-electron chi connectivity index (χ0n) is 14.9. The first-order chi connectivity index (χ1) is 12.3. The SMILES string of the molecule is Cc1ccc(N(CCC(=O)NCCc2ccccc2)S(C)(=O)=O)cc1Cl. The van der Waals surface area contributed by atoms with Gasteiger partial charge in [0, 0.05) is 24.5 Å². The van der Waals surface area contributed by atoms with Crippen LogP contribution in [0.2, 0.25) is 5.02 Å². The van der Waals surface area contributed by atoms with Crippen molar-refractivity contribution in [2.24, 2.45) is 0 Å². The second-order valence-corrected chi connectivity index (χ2v) is 8.42. The van der Waals surface area contributed by atoms with Gasteiger partial charge in [0.25, 0.3) is 0 Å². The molecule has 1 N–H and O–H groups in total. The number of hydrogen-bond donors (Lipinski definition) is 1. The molecule has 0 aliphatic rings. The smallest absolute Gasteiger partial charge is 0.232 e. The topological polar surface area (TPSA) is 66.5 Å². The highest BCUT2D eigenvalue weighted by Crippen LogP contribution is 2.25. The van der Waals surface area contributed by atoms with Gasteiger partial charge >= 0.3 is 0 Å². The van der Waals surface area contributed by atoms with E-state index in [4.69, 9.17) is 11.6 Å². The van der Waals surface area contributed by atoms with E-state index in [1.54, 1.807) is 18.2 Å². The Hall–Kier alpha value is -2.05. The molecule has 0 unspecified atom stereocenters. The van der Waals surface area contributed by atoms with E-state index in [2.05, 4.69) is 5.32 Å². The Balaban J connectivity index is 1.92. The molecular formula is C19H23ClN2O3S. The summed E-state index contributed by atoms with van der Waals surface area (Å²) in [5, 5.41) is 3.31. The van der Waals surface area contributed by atoms with Gasteiger partial charge in [-0.05, 0) is 36.6 Å². The van der Waals surface area contributed by atoms with Gasteiger partial charge in [-0.1, -0.05) is 48.0 Å². The third-order valence-corrected chi connectivity index (χ3v) is 5.57. The molecular weight excluding hydrogens is 372 g/mol. The van der Waals surface area contributed by atoms with Crippen LogP contribution in [0.15, 0.2) is 48.5 Å². The van der Waals surface area contributed by atoms with Crippen molar-refractivity contribution in [3.8, 4) is 0 Å². The molecule has 26 heavy (non-hydrogen) atoms. The molecule has 140 valence electrons. The number of halogens is 1. The number of hydrogen-bond acceptors (Lipinski definition) is 3. The van der Waals surface area contributed by atoms with Crippen molar-refractivity contribution in [2.75, 3.05) is 23.7 Å². The van der Waals surface area contributed by atoms with Gasteiger partial charge in [-0.2, -0.15) is 0 Å². The van der Waals surface area contributed by atoms with Crippen LogP contribution in [0.5, 0.6) is 0 Å². The summed E-state index contributed by atoms with van der Waals surface area (Å²) in [7, 11) is -3.51. The molecule has 0 aliphatic heterocycles. The summed E-state index contributed by atoms with van der Waals surface area (Å²) in [6.07, 6.45) is 1.93. The molecule has 2 rings (SSSR count). The first-order valence-electron chi connectivity index (χ1n) is 8.32. The number of rotatable bonds is 8. The third kappa shape index (κ3) is 6.04. The highest BCUT2D eigenvalue weighted by molar-refractivity contribution is 7.92. The lowest BCUT2D eigenvalue weighted by Gasteiger charge is -2.22. The van der Waals surface area contributed by atoms with E-state index < -0.39 is 10.0 Å². The molecule has 0 aliphatic carbocycles. The number of nitrogens with zero attached hydrogens (tertiary/aromatic N) is 1. The van der Waals surface area contributed by atoms with Crippen LogP contribution in [0.1, 0.15) is 17.5 Å². The largest absolute Gasteiger partial charge is 0.356 e. The predicted molar refractivity (Wildman–Crippen MR) is 106 cm³/mol.